The van der Waals surface area contributed by atoms with E-state index in [4.69, 9.17) is 0 Å². The molecule has 20 nitrogen and oxygen atoms in total. The Labute approximate surface area is 443 Å². The Morgan fingerprint density at radius 3 is 0.568 bits per heavy atom. The Kier molecular flexibility index (Phi) is 39.2. The van der Waals surface area contributed by atoms with Crippen molar-refractivity contribution in [3.8, 4) is 22.8 Å². The summed E-state index contributed by atoms with van der Waals surface area (Å²) in [7, 11) is 0. The fourth-order valence-electron chi connectivity index (χ4n) is 4.85. The zero-order valence-corrected chi connectivity index (χ0v) is 40.4. The summed E-state index contributed by atoms with van der Waals surface area (Å²) in [6, 6.07) is 45.3. The van der Waals surface area contributed by atoms with Crippen molar-refractivity contribution in [2.24, 2.45) is 0 Å². The van der Waals surface area contributed by atoms with Crippen LogP contribution in [0.25, 0.3) is 22.8 Å². The van der Waals surface area contributed by atoms with E-state index >= 15 is 0 Å². The first-order valence-electron chi connectivity index (χ1n) is 19.6. The van der Waals surface area contributed by atoms with Crippen molar-refractivity contribution in [1.29, 1.82) is 0 Å². The average molecular weight is 1100 g/mol. The molecule has 0 spiro atoms. The maximum Gasteiger partial charge on any atom is 2.00 e. The van der Waals surface area contributed by atoms with Crippen molar-refractivity contribution in [1.82, 2.24) is 19.9 Å². The number of hydrogen-bond acceptors (Lipinski definition) is 16. The van der Waals surface area contributed by atoms with Gasteiger partial charge in [-0.2, -0.15) is 0 Å². The van der Waals surface area contributed by atoms with Crippen molar-refractivity contribution in [3.63, 3.8) is 0 Å². The Hall–Kier alpha value is -9.11. The number of carboxylic acid groups (broad SMARTS) is 4. The predicted octanol–water partition coefficient (Wildman–Crippen LogP) is 0.239. The summed E-state index contributed by atoms with van der Waals surface area (Å²) in [4.78, 5) is 98.0. The third-order valence-electron chi connectivity index (χ3n) is 8.31. The molecule has 0 aliphatic heterocycles. The maximum absolute atomic E-state index is 10.2. The first kappa shape index (κ1) is 71.4. The molecular formula is C52H46Co2N4O16+2. The summed E-state index contributed by atoms with van der Waals surface area (Å²) in [5.41, 5.74) is 5.79. The number of aromatic carboxylic acids is 4. The minimum absolute atomic E-state index is 0. The first-order valence-corrected chi connectivity index (χ1v) is 19.6. The number of rotatable bonds is 10. The molecule has 4 heterocycles. The van der Waals surface area contributed by atoms with Gasteiger partial charge < -0.3 is 61.5 Å². The van der Waals surface area contributed by atoms with Gasteiger partial charge in [-0.1, -0.05) is 121 Å². The molecule has 0 aliphatic rings. The molecule has 8 rings (SSSR count). The smallest absolute Gasteiger partial charge is 0.545 e. The molecule has 0 amide bonds. The second kappa shape index (κ2) is 40.6. The van der Waals surface area contributed by atoms with Crippen LogP contribution in [0.2, 0.25) is 0 Å². The van der Waals surface area contributed by atoms with Crippen LogP contribution in [0, 0.1) is 0 Å². The number of carbonyl (C=O) groups is 8. The SMILES string of the molecule is O.O.O=Cc1ccc(C(=O)[O-])cc1.O=Cc1ccc(C(=O)[O-])cc1.O=Cc1ccc(C(=O)[O-])cc1.O=Cc1ccc(C(=O)[O-])cc1.[Co+2].[Co+2].[OH3+].[OH3+].c1ccc(-c2ccccn2)nc1.c1ccc(-c2ccccn2)nc1. The molecule has 8 aromatic rings. The molecule has 2 radical (unpaired) electrons. The first-order chi connectivity index (χ1) is 32.9. The molecule has 0 unspecified atom stereocenters. The molecule has 0 saturated carbocycles. The van der Waals surface area contributed by atoms with Gasteiger partial charge in [0.1, 0.15) is 25.1 Å². The van der Waals surface area contributed by atoms with Gasteiger partial charge in [0.15, 0.2) is 0 Å². The minimum atomic E-state index is -1.23. The van der Waals surface area contributed by atoms with Crippen LogP contribution < -0.4 is 20.4 Å². The second-order valence-electron chi connectivity index (χ2n) is 13.0. The fourth-order valence-corrected chi connectivity index (χ4v) is 4.85. The molecular weight excluding hydrogens is 1050 g/mol. The summed E-state index contributed by atoms with van der Waals surface area (Å²) in [5.74, 6) is -4.94. The Bertz CT molecular complexity index is 2440. The Morgan fingerprint density at radius 1 is 0.297 bits per heavy atom. The molecule has 0 atom stereocenters. The van der Waals surface area contributed by atoms with E-state index in [1.165, 1.54) is 97.1 Å². The molecule has 74 heavy (non-hydrogen) atoms. The number of aldehydes is 4. The summed E-state index contributed by atoms with van der Waals surface area (Å²) < 4.78 is 0. The van der Waals surface area contributed by atoms with Gasteiger partial charge >= 0.3 is 33.6 Å². The monoisotopic (exact) mass is 1100 g/mol. The van der Waals surface area contributed by atoms with Crippen LogP contribution in [0.3, 0.4) is 0 Å². The number of hydrogen-bond donors (Lipinski definition) is 0. The van der Waals surface area contributed by atoms with Crippen molar-refractivity contribution in [2.45, 2.75) is 0 Å². The van der Waals surface area contributed by atoms with Crippen molar-refractivity contribution < 1.29 is 114 Å². The van der Waals surface area contributed by atoms with E-state index in [1.807, 2.05) is 72.8 Å². The van der Waals surface area contributed by atoms with E-state index in [-0.39, 0.29) is 77.7 Å². The third kappa shape index (κ3) is 26.8. The fraction of sp³-hybridized carbons (Fsp3) is 0. The van der Waals surface area contributed by atoms with Crippen molar-refractivity contribution in [3.05, 3.63) is 239 Å². The molecule has 4 aromatic heterocycles. The molecule has 10 N–H and O–H groups in total. The van der Waals surface area contributed by atoms with Crippen LogP contribution >= 0.6 is 0 Å². The zero-order chi connectivity index (χ0) is 49.5. The number of carbonyl (C=O) groups excluding carboxylic acids is 8. The average Bonchev–Trinajstić information content (AvgIpc) is 3.40. The number of benzene rings is 4. The standard InChI is InChI=1S/2C10H8N2.4C8H6O3.2Co.4H2O/c2*1-3-7-11-9(5-1)10-6-2-4-8-12-10;4*9-5-6-1-3-7(4-2-6)8(10)11;;;;;;/h2*1-8H;4*1-5H,(H,10,11);;;4*1H2/q;;;;;;2*+2;;;;/p-2. The minimum Gasteiger partial charge on any atom is -0.545 e. The molecule has 0 aliphatic carbocycles. The molecule has 0 fully saturated rings. The molecule has 386 valence electrons. The van der Waals surface area contributed by atoms with E-state index in [0.29, 0.717) is 47.4 Å². The van der Waals surface area contributed by atoms with Crippen LogP contribution in [-0.4, -0.2) is 79.9 Å². The van der Waals surface area contributed by atoms with Gasteiger partial charge in [-0.05, 0) is 70.8 Å². The summed E-state index contributed by atoms with van der Waals surface area (Å²) in [6.45, 7) is 0. The van der Waals surface area contributed by atoms with Crippen LogP contribution in [0.1, 0.15) is 82.9 Å². The predicted molar refractivity (Wildman–Crippen MR) is 257 cm³/mol. The Balaban J connectivity index is -0.000000391. The van der Waals surface area contributed by atoms with Crippen LogP contribution in [0.5, 0.6) is 0 Å². The molecule has 22 heteroatoms. The van der Waals surface area contributed by atoms with Crippen LogP contribution in [0.4, 0.5) is 0 Å². The summed E-state index contributed by atoms with van der Waals surface area (Å²) in [6.07, 6.45) is 9.68. The number of carboxylic acids is 4. The molecule has 0 saturated heterocycles. The van der Waals surface area contributed by atoms with Gasteiger partial charge in [-0.25, -0.2) is 0 Å². The normalized spacial score (nSPS) is 8.54. The van der Waals surface area contributed by atoms with Crippen molar-refractivity contribution in [2.75, 3.05) is 0 Å². The zero-order valence-electron chi connectivity index (χ0n) is 38.3. The van der Waals surface area contributed by atoms with E-state index < -0.39 is 23.9 Å². The van der Waals surface area contributed by atoms with Crippen LogP contribution in [-0.2, 0) is 44.5 Å². The number of nitrogens with zero attached hydrogens (tertiary/aromatic N) is 4. The summed E-state index contributed by atoms with van der Waals surface area (Å²) in [5, 5.41) is 40.8. The van der Waals surface area contributed by atoms with E-state index in [1.54, 1.807) is 24.8 Å². The quantitative estimate of drug-likeness (QED) is 0.131. The van der Waals surface area contributed by atoms with Gasteiger partial charge in [-0.3, -0.25) is 39.1 Å². The van der Waals surface area contributed by atoms with Gasteiger partial charge in [0.25, 0.3) is 0 Å². The molecule has 4 aromatic carbocycles. The van der Waals surface area contributed by atoms with E-state index in [0.717, 1.165) is 22.8 Å². The number of aromatic nitrogens is 4. The topological polar surface area (TPSA) is 409 Å². The second-order valence-corrected chi connectivity index (χ2v) is 13.0. The largest absolute Gasteiger partial charge is 2.00 e. The van der Waals surface area contributed by atoms with Gasteiger partial charge in [-0.15, -0.1) is 0 Å². The van der Waals surface area contributed by atoms with Crippen LogP contribution in [0.15, 0.2) is 195 Å². The summed E-state index contributed by atoms with van der Waals surface area (Å²) >= 11 is 0. The third-order valence-corrected chi connectivity index (χ3v) is 8.31. The van der Waals surface area contributed by atoms with Crippen molar-refractivity contribution >= 4 is 49.0 Å². The maximum atomic E-state index is 10.2. The number of pyridine rings is 4. The van der Waals surface area contributed by atoms with Gasteiger partial charge in [0.05, 0.1) is 46.7 Å². The van der Waals surface area contributed by atoms with E-state index in [9.17, 15) is 58.8 Å². The Morgan fingerprint density at radius 2 is 0.459 bits per heavy atom. The molecule has 0 bridgehead atoms. The van der Waals surface area contributed by atoms with Gasteiger partial charge in [0.2, 0.25) is 0 Å². The van der Waals surface area contributed by atoms with E-state index in [2.05, 4.69) is 19.9 Å². The van der Waals surface area contributed by atoms with Gasteiger partial charge in [0, 0.05) is 47.0 Å².